The van der Waals surface area contributed by atoms with Gasteiger partial charge in [0.15, 0.2) is 0 Å². The van der Waals surface area contributed by atoms with Gasteiger partial charge in [-0.05, 0) is 0 Å². The number of allylic oxidation sites excluding steroid dienone is 2. The number of benzene rings is 3. The van der Waals surface area contributed by atoms with E-state index in [0.717, 1.165) is 6.16 Å². The maximum absolute atomic E-state index is 5.45. The van der Waals surface area contributed by atoms with Crippen molar-refractivity contribution in [3.8, 4) is 12.3 Å². The fourth-order valence-corrected chi connectivity index (χ4v) is 7.79. The van der Waals surface area contributed by atoms with Gasteiger partial charge in [-0.3, -0.25) is 0 Å². The van der Waals surface area contributed by atoms with Gasteiger partial charge >= 0.3 is 145 Å². The molecule has 3 aromatic carbocycles. The fraction of sp³-hybridized carbons (Fsp3) is 0.0435. The summed E-state index contributed by atoms with van der Waals surface area (Å²) in [6, 6.07) is 32.6. The minimum absolute atomic E-state index is 0.954. The molecule has 0 spiro atoms. The van der Waals surface area contributed by atoms with Crippen LogP contribution in [0.1, 0.15) is 0 Å². The van der Waals surface area contributed by atoms with Crippen LogP contribution in [0.4, 0.5) is 0 Å². The van der Waals surface area contributed by atoms with Crippen LogP contribution in [0.5, 0.6) is 0 Å². The van der Waals surface area contributed by atoms with Crippen LogP contribution < -0.4 is 15.9 Å². The van der Waals surface area contributed by atoms with E-state index in [-0.39, 0.29) is 0 Å². The molecule has 3 aromatic rings. The van der Waals surface area contributed by atoms with Gasteiger partial charge in [-0.15, -0.1) is 0 Å². The zero-order valence-electron chi connectivity index (χ0n) is 13.6. The molecule has 0 amide bonds. The second-order valence-electron chi connectivity index (χ2n) is 5.78. The van der Waals surface area contributed by atoms with Crippen molar-refractivity contribution in [2.24, 2.45) is 0 Å². The number of hydrogen-bond donors (Lipinski definition) is 0. The molecule has 24 heavy (non-hydrogen) atoms. The number of terminal acetylenes is 1. The Bertz CT molecular complexity index is 731. The Morgan fingerprint density at radius 2 is 1.04 bits per heavy atom. The van der Waals surface area contributed by atoms with E-state index >= 15 is 0 Å². The summed E-state index contributed by atoms with van der Waals surface area (Å²) in [6.07, 6.45) is 10.4. The molecule has 0 fully saturated rings. The summed E-state index contributed by atoms with van der Waals surface area (Å²) < 4.78 is 0. The first kappa shape index (κ1) is 16.3. The topological polar surface area (TPSA) is 0 Å². The molecule has 0 saturated carbocycles. The third-order valence-electron chi connectivity index (χ3n) is 4.44. The Kier molecular flexibility index (Phi) is 5.27. The zero-order valence-corrected chi connectivity index (χ0v) is 14.6. The summed E-state index contributed by atoms with van der Waals surface area (Å²) in [5.74, 6) is 2.64. The molecule has 0 atom stereocenters. The third kappa shape index (κ3) is 3.18. The molecule has 0 unspecified atom stereocenters. The number of hydrogen-bond acceptors (Lipinski definition) is 0. The van der Waals surface area contributed by atoms with Crippen LogP contribution in [0.3, 0.4) is 0 Å². The Balaban J connectivity index is 2.28. The summed E-state index contributed by atoms with van der Waals surface area (Å²) in [4.78, 5) is 0. The van der Waals surface area contributed by atoms with Gasteiger partial charge in [-0.2, -0.15) is 0 Å². The first-order valence-corrected chi connectivity index (χ1v) is 10.4. The van der Waals surface area contributed by atoms with Gasteiger partial charge in [0.25, 0.3) is 0 Å². The number of rotatable bonds is 5. The van der Waals surface area contributed by atoms with Gasteiger partial charge in [0.1, 0.15) is 0 Å². The SMILES string of the molecule is C#C/C=C/C[PH](c1ccccc1)(c1ccccc1)c1ccccc1. The van der Waals surface area contributed by atoms with Crippen molar-refractivity contribution in [3.63, 3.8) is 0 Å². The van der Waals surface area contributed by atoms with Crippen LogP contribution in [0, 0.1) is 12.3 Å². The summed E-state index contributed by atoms with van der Waals surface area (Å²) in [5.41, 5.74) is 0. The van der Waals surface area contributed by atoms with E-state index in [1.54, 1.807) is 0 Å². The summed E-state index contributed by atoms with van der Waals surface area (Å²) in [5, 5.41) is 4.22. The molecule has 0 aliphatic heterocycles. The maximum atomic E-state index is 5.45. The Morgan fingerprint density at radius 1 is 0.667 bits per heavy atom. The van der Waals surface area contributed by atoms with E-state index in [9.17, 15) is 0 Å². The van der Waals surface area contributed by atoms with Crippen LogP contribution in [0.25, 0.3) is 0 Å². The van der Waals surface area contributed by atoms with Crippen molar-refractivity contribution in [1.82, 2.24) is 0 Å². The van der Waals surface area contributed by atoms with Gasteiger partial charge in [-0.1, -0.05) is 0 Å². The standard InChI is InChI=1S/C23H21P/c1-2-3-13-20-24(21-14-7-4-8-15-21,22-16-9-5-10-17-22)23-18-11-6-12-19-23/h1,3-19,24H,20H2/b13-3+. The molecule has 0 aliphatic rings. The van der Waals surface area contributed by atoms with Gasteiger partial charge in [0, 0.05) is 0 Å². The molecule has 0 saturated heterocycles. The second kappa shape index (κ2) is 7.78. The van der Waals surface area contributed by atoms with Crippen LogP contribution in [0.2, 0.25) is 0 Å². The molecule has 0 nitrogen and oxygen atoms in total. The predicted molar refractivity (Wildman–Crippen MR) is 109 cm³/mol. The summed E-state index contributed by atoms with van der Waals surface area (Å²) >= 11 is 0. The van der Waals surface area contributed by atoms with Crippen LogP contribution >= 0.6 is 7.26 Å². The van der Waals surface area contributed by atoms with Crippen LogP contribution in [-0.4, -0.2) is 6.16 Å². The Labute approximate surface area is 145 Å². The Hall–Kier alpha value is -2.61. The van der Waals surface area contributed by atoms with E-state index < -0.39 is 7.26 Å². The van der Waals surface area contributed by atoms with E-state index in [1.165, 1.54) is 15.9 Å². The van der Waals surface area contributed by atoms with Gasteiger partial charge in [-0.25, -0.2) is 0 Å². The average molecular weight is 328 g/mol. The minimum atomic E-state index is -2.14. The van der Waals surface area contributed by atoms with Crippen molar-refractivity contribution >= 4 is 23.2 Å². The molecular weight excluding hydrogens is 307 g/mol. The monoisotopic (exact) mass is 328 g/mol. The summed E-state index contributed by atoms with van der Waals surface area (Å²) in [6.45, 7) is 0. The van der Waals surface area contributed by atoms with E-state index in [4.69, 9.17) is 6.42 Å². The van der Waals surface area contributed by atoms with Crippen molar-refractivity contribution < 1.29 is 0 Å². The van der Waals surface area contributed by atoms with Crippen LogP contribution in [-0.2, 0) is 0 Å². The molecule has 0 bridgehead atoms. The second-order valence-corrected chi connectivity index (χ2v) is 9.73. The first-order valence-electron chi connectivity index (χ1n) is 8.15. The molecule has 0 aromatic heterocycles. The third-order valence-corrected chi connectivity index (χ3v) is 9.24. The zero-order chi connectivity index (χ0) is 16.7. The van der Waals surface area contributed by atoms with Crippen molar-refractivity contribution in [3.05, 3.63) is 103 Å². The normalized spacial score (nSPS) is 12.0. The fourth-order valence-electron chi connectivity index (χ4n) is 3.33. The van der Waals surface area contributed by atoms with Crippen molar-refractivity contribution in [1.29, 1.82) is 0 Å². The van der Waals surface area contributed by atoms with Crippen molar-refractivity contribution in [2.45, 2.75) is 0 Å². The quantitative estimate of drug-likeness (QED) is 0.492. The molecule has 0 aliphatic carbocycles. The predicted octanol–water partition coefficient (Wildman–Crippen LogP) is 3.90. The van der Waals surface area contributed by atoms with Crippen molar-refractivity contribution in [2.75, 3.05) is 6.16 Å². The molecule has 0 radical (unpaired) electrons. The van der Waals surface area contributed by atoms with Gasteiger partial charge in [0.2, 0.25) is 0 Å². The molecule has 0 N–H and O–H groups in total. The van der Waals surface area contributed by atoms with Crippen LogP contribution in [0.15, 0.2) is 103 Å². The molecule has 1 heteroatoms. The molecule has 0 heterocycles. The van der Waals surface area contributed by atoms with Gasteiger partial charge < -0.3 is 0 Å². The average Bonchev–Trinajstić information content (AvgIpc) is 2.68. The summed E-state index contributed by atoms with van der Waals surface area (Å²) in [7, 11) is -2.14. The van der Waals surface area contributed by atoms with E-state index in [2.05, 4.69) is 103 Å². The van der Waals surface area contributed by atoms with E-state index in [1.807, 2.05) is 6.08 Å². The molecule has 118 valence electrons. The molecule has 3 rings (SSSR count). The molecular formula is C23H21P. The van der Waals surface area contributed by atoms with Gasteiger partial charge in [0.05, 0.1) is 0 Å². The first-order chi connectivity index (χ1) is 11.9. The van der Waals surface area contributed by atoms with E-state index in [0.29, 0.717) is 0 Å². The Morgan fingerprint density at radius 3 is 1.38 bits per heavy atom.